The van der Waals surface area contributed by atoms with Gasteiger partial charge in [0.2, 0.25) is 0 Å². The molecule has 3 N–H and O–H groups in total. The molecule has 0 saturated carbocycles. The second-order valence-electron chi connectivity index (χ2n) is 4.81. The average Bonchev–Trinajstić information content (AvgIpc) is 2.57. The van der Waals surface area contributed by atoms with Crippen molar-refractivity contribution in [2.75, 3.05) is 6.54 Å². The van der Waals surface area contributed by atoms with Gasteiger partial charge in [0, 0.05) is 20.1 Å². The standard InChI is InChI=1S/C16H12Br3N3O3/c17-11-3-1-2-9(4-11)16(25)20-8-14(23)22-21-7-10-5-12(18)6-13(19)15(10)24/h1-7,24H,8H2,(H,20,25)(H,22,23). The number of nitrogens with zero attached hydrogens (tertiary/aromatic N) is 1. The molecule has 0 aliphatic heterocycles. The van der Waals surface area contributed by atoms with E-state index in [4.69, 9.17) is 0 Å². The predicted octanol–water partition coefficient (Wildman–Crippen LogP) is 3.56. The zero-order valence-corrected chi connectivity index (χ0v) is 17.4. The molecular formula is C16H12Br3N3O3. The summed E-state index contributed by atoms with van der Waals surface area (Å²) >= 11 is 9.78. The summed E-state index contributed by atoms with van der Waals surface area (Å²) in [4.78, 5) is 23.6. The number of halogens is 3. The number of hydrogen-bond acceptors (Lipinski definition) is 4. The quantitative estimate of drug-likeness (QED) is 0.405. The van der Waals surface area contributed by atoms with E-state index in [-0.39, 0.29) is 18.2 Å². The molecule has 0 radical (unpaired) electrons. The van der Waals surface area contributed by atoms with Crippen molar-refractivity contribution in [2.24, 2.45) is 5.10 Å². The van der Waals surface area contributed by atoms with Crippen LogP contribution in [0.5, 0.6) is 5.75 Å². The van der Waals surface area contributed by atoms with Crippen LogP contribution in [-0.2, 0) is 4.79 Å². The lowest BCUT2D eigenvalue weighted by molar-refractivity contribution is -0.120. The van der Waals surface area contributed by atoms with Crippen LogP contribution in [-0.4, -0.2) is 29.7 Å². The van der Waals surface area contributed by atoms with E-state index in [0.29, 0.717) is 15.6 Å². The molecule has 2 amide bonds. The molecule has 2 aromatic rings. The highest BCUT2D eigenvalue weighted by atomic mass is 79.9. The predicted molar refractivity (Wildman–Crippen MR) is 106 cm³/mol. The summed E-state index contributed by atoms with van der Waals surface area (Å²) in [6.07, 6.45) is 1.30. The molecule has 2 rings (SSSR count). The summed E-state index contributed by atoms with van der Waals surface area (Å²) in [6, 6.07) is 10.1. The smallest absolute Gasteiger partial charge is 0.259 e. The highest BCUT2D eigenvalue weighted by molar-refractivity contribution is 9.11. The first kappa shape index (κ1) is 19.6. The molecular weight excluding hydrogens is 522 g/mol. The van der Waals surface area contributed by atoms with Crippen LogP contribution >= 0.6 is 47.8 Å². The van der Waals surface area contributed by atoms with Gasteiger partial charge in [-0.2, -0.15) is 5.10 Å². The van der Waals surface area contributed by atoms with Crippen molar-refractivity contribution in [2.45, 2.75) is 0 Å². The van der Waals surface area contributed by atoms with Gasteiger partial charge in [0.15, 0.2) is 0 Å². The Bertz CT molecular complexity index is 841. The molecule has 0 atom stereocenters. The van der Waals surface area contributed by atoms with Gasteiger partial charge in [0.25, 0.3) is 11.8 Å². The summed E-state index contributed by atoms with van der Waals surface area (Å²) in [7, 11) is 0. The first-order valence-electron chi connectivity index (χ1n) is 6.90. The molecule has 0 aliphatic carbocycles. The van der Waals surface area contributed by atoms with Gasteiger partial charge in [-0.25, -0.2) is 5.43 Å². The molecule has 6 nitrogen and oxygen atoms in total. The fraction of sp³-hybridized carbons (Fsp3) is 0.0625. The molecule has 0 spiro atoms. The van der Waals surface area contributed by atoms with Crippen LogP contribution in [0.25, 0.3) is 0 Å². The number of hydrazone groups is 1. The monoisotopic (exact) mass is 531 g/mol. The minimum Gasteiger partial charge on any atom is -0.506 e. The maximum Gasteiger partial charge on any atom is 0.259 e. The Labute approximate surface area is 169 Å². The van der Waals surface area contributed by atoms with Gasteiger partial charge >= 0.3 is 0 Å². The van der Waals surface area contributed by atoms with Gasteiger partial charge in [-0.15, -0.1) is 0 Å². The van der Waals surface area contributed by atoms with Crippen LogP contribution < -0.4 is 10.7 Å². The number of phenolic OH excluding ortho intramolecular Hbond substituents is 1. The third kappa shape index (κ3) is 5.94. The van der Waals surface area contributed by atoms with E-state index in [2.05, 4.69) is 63.6 Å². The SMILES string of the molecule is O=C(CNC(=O)c1cccc(Br)c1)NN=Cc1cc(Br)cc(Br)c1O. The zero-order chi connectivity index (χ0) is 18.4. The second-order valence-corrected chi connectivity index (χ2v) is 7.50. The van der Waals surface area contributed by atoms with Gasteiger partial charge in [-0.05, 0) is 46.3 Å². The lowest BCUT2D eigenvalue weighted by Gasteiger charge is -2.05. The number of carbonyl (C=O) groups is 2. The average molecular weight is 534 g/mol. The van der Waals surface area contributed by atoms with Crippen molar-refractivity contribution in [3.8, 4) is 5.75 Å². The maximum absolute atomic E-state index is 11.9. The number of carbonyl (C=O) groups excluding carboxylic acids is 2. The van der Waals surface area contributed by atoms with Crippen LogP contribution in [0.4, 0.5) is 0 Å². The molecule has 0 fully saturated rings. The minimum absolute atomic E-state index is 0.00385. The number of amides is 2. The number of aromatic hydroxyl groups is 1. The van der Waals surface area contributed by atoms with Crippen LogP contribution in [0.3, 0.4) is 0 Å². The number of hydrogen-bond donors (Lipinski definition) is 3. The van der Waals surface area contributed by atoms with E-state index in [0.717, 1.165) is 8.95 Å². The summed E-state index contributed by atoms with van der Waals surface area (Å²) in [5.74, 6) is -0.855. The molecule has 0 unspecified atom stereocenters. The largest absolute Gasteiger partial charge is 0.506 e. The van der Waals surface area contributed by atoms with Gasteiger partial charge < -0.3 is 10.4 Å². The van der Waals surface area contributed by atoms with Crippen LogP contribution in [0.1, 0.15) is 15.9 Å². The summed E-state index contributed by atoms with van der Waals surface area (Å²) in [5, 5.41) is 16.1. The Morgan fingerprint density at radius 3 is 2.60 bits per heavy atom. The molecule has 0 aromatic heterocycles. The van der Waals surface area contributed by atoms with Gasteiger partial charge in [-0.3, -0.25) is 9.59 Å². The normalized spacial score (nSPS) is 10.7. The van der Waals surface area contributed by atoms with Gasteiger partial charge in [0.05, 0.1) is 17.2 Å². The van der Waals surface area contributed by atoms with Crippen molar-refractivity contribution in [3.05, 3.63) is 60.9 Å². The van der Waals surface area contributed by atoms with Crippen LogP contribution in [0.15, 0.2) is 54.9 Å². The topological polar surface area (TPSA) is 90.8 Å². The molecule has 0 aliphatic rings. The second kappa shape index (κ2) is 9.12. The summed E-state index contributed by atoms with van der Waals surface area (Å²) in [6.45, 7) is -0.225. The summed E-state index contributed by atoms with van der Waals surface area (Å²) in [5.41, 5.74) is 3.14. The van der Waals surface area contributed by atoms with E-state index < -0.39 is 5.91 Å². The lowest BCUT2D eigenvalue weighted by atomic mass is 10.2. The molecule has 0 saturated heterocycles. The molecule has 0 bridgehead atoms. The maximum atomic E-state index is 11.9. The van der Waals surface area contributed by atoms with Crippen molar-refractivity contribution in [1.82, 2.24) is 10.7 Å². The fourth-order valence-electron chi connectivity index (χ4n) is 1.79. The fourth-order valence-corrected chi connectivity index (χ4v) is 3.45. The Balaban J connectivity index is 1.88. The Hall–Kier alpha value is -1.71. The molecule has 2 aromatic carbocycles. The van der Waals surface area contributed by atoms with Crippen molar-refractivity contribution in [1.29, 1.82) is 0 Å². The molecule has 25 heavy (non-hydrogen) atoms. The van der Waals surface area contributed by atoms with Gasteiger partial charge in [0.1, 0.15) is 5.75 Å². The van der Waals surface area contributed by atoms with Gasteiger partial charge in [-0.1, -0.05) is 37.9 Å². The van der Waals surface area contributed by atoms with Crippen LogP contribution in [0, 0.1) is 0 Å². The molecule has 9 heteroatoms. The van der Waals surface area contributed by atoms with Crippen molar-refractivity contribution >= 4 is 65.8 Å². The number of rotatable bonds is 5. The number of benzene rings is 2. The Morgan fingerprint density at radius 2 is 1.88 bits per heavy atom. The van der Waals surface area contributed by atoms with Crippen molar-refractivity contribution < 1.29 is 14.7 Å². The molecule has 130 valence electrons. The third-order valence-electron chi connectivity index (χ3n) is 2.95. The first-order chi connectivity index (χ1) is 11.9. The van der Waals surface area contributed by atoms with Crippen molar-refractivity contribution in [3.63, 3.8) is 0 Å². The first-order valence-corrected chi connectivity index (χ1v) is 9.28. The molecule has 0 heterocycles. The van der Waals surface area contributed by atoms with E-state index >= 15 is 0 Å². The third-order valence-corrected chi connectivity index (χ3v) is 4.50. The summed E-state index contributed by atoms with van der Waals surface area (Å²) < 4.78 is 2.01. The van der Waals surface area contributed by atoms with E-state index in [9.17, 15) is 14.7 Å². The highest BCUT2D eigenvalue weighted by Gasteiger charge is 2.08. The highest BCUT2D eigenvalue weighted by Crippen LogP contribution is 2.30. The Kier molecular flexibility index (Phi) is 7.15. The Morgan fingerprint density at radius 1 is 1.12 bits per heavy atom. The number of nitrogens with one attached hydrogen (secondary N) is 2. The van der Waals surface area contributed by atoms with E-state index in [1.807, 2.05) is 0 Å². The zero-order valence-electron chi connectivity index (χ0n) is 12.6. The van der Waals surface area contributed by atoms with E-state index in [1.54, 1.807) is 36.4 Å². The van der Waals surface area contributed by atoms with E-state index in [1.165, 1.54) is 6.21 Å². The number of phenols is 1. The lowest BCUT2D eigenvalue weighted by Crippen LogP contribution is -2.34. The van der Waals surface area contributed by atoms with Crippen LogP contribution in [0.2, 0.25) is 0 Å². The minimum atomic E-state index is -0.492.